The van der Waals surface area contributed by atoms with E-state index in [2.05, 4.69) is 43.0 Å². The summed E-state index contributed by atoms with van der Waals surface area (Å²) in [5.74, 6) is 2.35. The number of rotatable bonds is 5. The number of nitrogens with zero attached hydrogens (tertiary/aromatic N) is 4. The van der Waals surface area contributed by atoms with Gasteiger partial charge in [0, 0.05) is 55.2 Å². The average molecular weight is 377 g/mol. The maximum atomic E-state index is 5.49. The number of ether oxygens (including phenoxy) is 2. The third-order valence-electron chi connectivity index (χ3n) is 5.24. The number of fused-ring (bicyclic) bond motifs is 1. The lowest BCUT2D eigenvalue weighted by Gasteiger charge is -2.33. The fourth-order valence-electron chi connectivity index (χ4n) is 3.92. The van der Waals surface area contributed by atoms with E-state index in [0.717, 1.165) is 49.2 Å². The van der Waals surface area contributed by atoms with Crippen LogP contribution in [0.3, 0.4) is 0 Å². The van der Waals surface area contributed by atoms with Gasteiger partial charge in [-0.3, -0.25) is 9.47 Å². The summed E-state index contributed by atoms with van der Waals surface area (Å²) >= 11 is 0. The van der Waals surface area contributed by atoms with Gasteiger partial charge in [-0.1, -0.05) is 0 Å². The molecular weight excluding hydrogens is 354 g/mol. The Morgan fingerprint density at radius 1 is 1.07 bits per heavy atom. The highest BCUT2D eigenvalue weighted by Crippen LogP contribution is 2.34. The van der Waals surface area contributed by atoms with Crippen molar-refractivity contribution in [3.05, 3.63) is 60.7 Å². The Bertz CT molecular complexity index is 943. The molecule has 2 aromatic heterocycles. The van der Waals surface area contributed by atoms with Crippen molar-refractivity contribution < 1.29 is 9.47 Å². The second-order valence-electron chi connectivity index (χ2n) is 7.20. The summed E-state index contributed by atoms with van der Waals surface area (Å²) < 4.78 is 12.9. The summed E-state index contributed by atoms with van der Waals surface area (Å²) in [4.78, 5) is 11.2. The van der Waals surface area contributed by atoms with Crippen LogP contribution in [-0.2, 0) is 6.54 Å². The van der Waals surface area contributed by atoms with E-state index < -0.39 is 0 Å². The van der Waals surface area contributed by atoms with Crippen molar-refractivity contribution in [2.75, 3.05) is 25.2 Å². The van der Waals surface area contributed by atoms with E-state index in [4.69, 9.17) is 9.47 Å². The normalized spacial score (nSPS) is 18.9. The van der Waals surface area contributed by atoms with Gasteiger partial charge >= 0.3 is 0 Å². The second-order valence-corrected chi connectivity index (χ2v) is 7.20. The average Bonchev–Trinajstić information content (AvgIpc) is 3.38. The molecule has 0 saturated carbocycles. The smallest absolute Gasteiger partial charge is 0.233 e. The van der Waals surface area contributed by atoms with Gasteiger partial charge in [-0.2, -0.15) is 0 Å². The van der Waals surface area contributed by atoms with Crippen LogP contribution in [0.25, 0.3) is 5.95 Å². The van der Waals surface area contributed by atoms with Crippen LogP contribution in [0.4, 0.5) is 5.69 Å². The van der Waals surface area contributed by atoms with Crippen LogP contribution in [-0.4, -0.2) is 45.4 Å². The van der Waals surface area contributed by atoms with Crippen molar-refractivity contribution in [2.45, 2.75) is 25.4 Å². The van der Waals surface area contributed by atoms with Gasteiger partial charge in [-0.25, -0.2) is 9.97 Å². The van der Waals surface area contributed by atoms with E-state index in [1.165, 1.54) is 12.1 Å². The lowest BCUT2D eigenvalue weighted by Crippen LogP contribution is -2.41. The van der Waals surface area contributed by atoms with E-state index in [1.807, 2.05) is 24.4 Å². The molecule has 1 unspecified atom stereocenters. The number of likely N-dealkylation sites (tertiary alicyclic amines) is 1. The van der Waals surface area contributed by atoms with E-state index in [1.54, 1.807) is 12.4 Å². The molecule has 1 atom stereocenters. The minimum atomic E-state index is 0.306. The molecule has 7 heteroatoms. The van der Waals surface area contributed by atoms with Crippen LogP contribution in [0.15, 0.2) is 55.0 Å². The molecule has 7 nitrogen and oxygen atoms in total. The zero-order valence-corrected chi connectivity index (χ0v) is 15.6. The Balaban J connectivity index is 1.25. The second kappa shape index (κ2) is 7.52. The minimum absolute atomic E-state index is 0.306. The molecule has 0 radical (unpaired) electrons. The Hall–Kier alpha value is -3.06. The van der Waals surface area contributed by atoms with Crippen LogP contribution in [0, 0.1) is 0 Å². The number of hydrogen-bond acceptors (Lipinski definition) is 6. The van der Waals surface area contributed by atoms with E-state index in [9.17, 15) is 0 Å². The standard InChI is InChI=1S/C21H23N5O2/c1-4-17(24-16-6-7-19-20(12-16)28-15-27-19)13-25(10-1)14-18-5-2-11-26(18)21-22-8-3-9-23-21/h2-3,5-9,11-12,17,24H,1,4,10,13-15H2. The predicted molar refractivity (Wildman–Crippen MR) is 106 cm³/mol. The molecule has 1 fully saturated rings. The molecule has 2 aliphatic rings. The lowest BCUT2D eigenvalue weighted by atomic mass is 10.0. The number of anilines is 1. The first-order chi connectivity index (χ1) is 13.8. The highest BCUT2D eigenvalue weighted by Gasteiger charge is 2.22. The van der Waals surface area contributed by atoms with Gasteiger partial charge in [0.2, 0.25) is 12.7 Å². The molecule has 3 aromatic rings. The number of piperidine rings is 1. The van der Waals surface area contributed by atoms with Crippen molar-refractivity contribution in [1.82, 2.24) is 19.4 Å². The summed E-state index contributed by atoms with van der Waals surface area (Å²) in [6.45, 7) is 3.28. The van der Waals surface area contributed by atoms with Crippen LogP contribution in [0.2, 0.25) is 0 Å². The highest BCUT2D eigenvalue weighted by atomic mass is 16.7. The van der Waals surface area contributed by atoms with Crippen molar-refractivity contribution in [3.8, 4) is 17.4 Å². The van der Waals surface area contributed by atoms with E-state index in [-0.39, 0.29) is 0 Å². The van der Waals surface area contributed by atoms with E-state index >= 15 is 0 Å². The maximum Gasteiger partial charge on any atom is 0.233 e. The Kier molecular flexibility index (Phi) is 4.58. The third kappa shape index (κ3) is 3.53. The van der Waals surface area contributed by atoms with Gasteiger partial charge in [-0.05, 0) is 49.7 Å². The number of aromatic nitrogens is 3. The molecule has 0 amide bonds. The molecule has 28 heavy (non-hydrogen) atoms. The summed E-state index contributed by atoms with van der Waals surface area (Å²) in [5.41, 5.74) is 2.28. The SMILES string of the molecule is c1cnc(-n2cccc2CN2CCCC(Nc3ccc4c(c3)OCO4)C2)nc1. The van der Waals surface area contributed by atoms with Crippen molar-refractivity contribution >= 4 is 5.69 Å². The van der Waals surface area contributed by atoms with Gasteiger partial charge in [-0.15, -0.1) is 0 Å². The van der Waals surface area contributed by atoms with Crippen LogP contribution in [0.5, 0.6) is 11.5 Å². The first kappa shape index (κ1) is 17.1. The predicted octanol–water partition coefficient (Wildman–Crippen LogP) is 3.07. The quantitative estimate of drug-likeness (QED) is 0.737. The van der Waals surface area contributed by atoms with Crippen molar-refractivity contribution in [2.24, 2.45) is 0 Å². The van der Waals surface area contributed by atoms with Gasteiger partial charge < -0.3 is 14.8 Å². The van der Waals surface area contributed by atoms with Gasteiger partial charge in [0.1, 0.15) is 0 Å². The fourth-order valence-corrected chi connectivity index (χ4v) is 3.92. The molecule has 144 valence electrons. The zero-order valence-electron chi connectivity index (χ0n) is 15.6. The fraction of sp³-hybridized carbons (Fsp3) is 0.333. The first-order valence-corrected chi connectivity index (χ1v) is 9.67. The minimum Gasteiger partial charge on any atom is -0.454 e. The molecule has 5 rings (SSSR count). The molecule has 0 bridgehead atoms. The monoisotopic (exact) mass is 377 g/mol. The number of benzene rings is 1. The van der Waals surface area contributed by atoms with Gasteiger partial charge in [0.05, 0.1) is 0 Å². The molecule has 1 N–H and O–H groups in total. The molecule has 4 heterocycles. The Labute approximate surface area is 163 Å². The first-order valence-electron chi connectivity index (χ1n) is 9.67. The third-order valence-corrected chi connectivity index (χ3v) is 5.24. The van der Waals surface area contributed by atoms with Gasteiger partial charge in [0.15, 0.2) is 11.5 Å². The number of hydrogen-bond donors (Lipinski definition) is 1. The highest BCUT2D eigenvalue weighted by molar-refractivity contribution is 5.56. The lowest BCUT2D eigenvalue weighted by molar-refractivity contribution is 0.174. The summed E-state index contributed by atoms with van der Waals surface area (Å²) in [7, 11) is 0. The molecule has 0 aliphatic carbocycles. The Morgan fingerprint density at radius 2 is 1.96 bits per heavy atom. The van der Waals surface area contributed by atoms with Crippen LogP contribution in [0.1, 0.15) is 18.5 Å². The molecular formula is C21H23N5O2. The van der Waals surface area contributed by atoms with E-state index in [0.29, 0.717) is 12.8 Å². The van der Waals surface area contributed by atoms with Crippen molar-refractivity contribution in [1.29, 1.82) is 0 Å². The molecule has 1 aromatic carbocycles. The zero-order chi connectivity index (χ0) is 18.8. The van der Waals surface area contributed by atoms with Crippen LogP contribution >= 0.6 is 0 Å². The maximum absolute atomic E-state index is 5.49. The molecule has 0 spiro atoms. The van der Waals surface area contributed by atoms with Gasteiger partial charge in [0.25, 0.3) is 0 Å². The Morgan fingerprint density at radius 3 is 2.89 bits per heavy atom. The summed E-state index contributed by atoms with van der Waals surface area (Å²) in [6.07, 6.45) is 7.91. The topological polar surface area (TPSA) is 64.4 Å². The molecule has 1 saturated heterocycles. The molecule has 2 aliphatic heterocycles. The van der Waals surface area contributed by atoms with Crippen LogP contribution < -0.4 is 14.8 Å². The number of nitrogens with one attached hydrogen (secondary N) is 1. The summed E-state index contributed by atoms with van der Waals surface area (Å²) in [6, 6.07) is 12.5. The summed E-state index contributed by atoms with van der Waals surface area (Å²) in [5, 5.41) is 3.66. The van der Waals surface area contributed by atoms with Crippen molar-refractivity contribution in [3.63, 3.8) is 0 Å². The largest absolute Gasteiger partial charge is 0.454 e.